The molecule has 142 valence electrons. The van der Waals surface area contributed by atoms with E-state index >= 15 is 0 Å². The molecule has 0 aromatic rings. The number of aliphatic hydroxyl groups is 1. The molecule has 0 radical (unpaired) electrons. The number of rotatable bonds is 12. The van der Waals surface area contributed by atoms with Crippen molar-refractivity contribution >= 4 is 11.8 Å². The lowest BCUT2D eigenvalue weighted by Gasteiger charge is -2.13. The van der Waals surface area contributed by atoms with Gasteiger partial charge in [0.25, 0.3) is 0 Å². The molecule has 0 aromatic carbocycles. The van der Waals surface area contributed by atoms with Gasteiger partial charge in [-0.25, -0.2) is 0 Å². The Morgan fingerprint density at radius 3 is 2.46 bits per heavy atom. The van der Waals surface area contributed by atoms with Crippen molar-refractivity contribution in [3.8, 4) is 0 Å². The second-order valence-electron chi connectivity index (χ2n) is 6.36. The number of carbonyl (C=O) groups excluding carboxylic acids is 1. The summed E-state index contributed by atoms with van der Waals surface area (Å²) in [5.41, 5.74) is 0. The van der Waals surface area contributed by atoms with Crippen LogP contribution in [0.1, 0.15) is 45.4 Å². The number of carboxylic acid groups (broad SMARTS) is 1. The van der Waals surface area contributed by atoms with Crippen LogP contribution in [-0.4, -0.2) is 28.1 Å². The van der Waals surface area contributed by atoms with Crippen molar-refractivity contribution in [1.82, 2.24) is 0 Å². The fourth-order valence-electron chi connectivity index (χ4n) is 2.70. The molecule has 1 rings (SSSR count). The minimum absolute atomic E-state index is 0.0404. The topological polar surface area (TPSA) is 74.6 Å². The molecule has 1 aliphatic carbocycles. The van der Waals surface area contributed by atoms with Crippen LogP contribution in [0.15, 0.2) is 60.8 Å². The Kier molecular flexibility index (Phi) is 11.0. The van der Waals surface area contributed by atoms with Gasteiger partial charge in [-0.1, -0.05) is 61.6 Å². The van der Waals surface area contributed by atoms with Crippen molar-refractivity contribution < 1.29 is 19.8 Å². The van der Waals surface area contributed by atoms with E-state index < -0.39 is 12.1 Å². The molecule has 4 heteroatoms. The standard InChI is InChI=1S/C22H30O4/c1-2-3-4-5-6-7-8-9-10-11-20-18(13-16-21(20)24)12-14-19(23)15-17-22(25)26/h3-4,6-7,9-10,12-14,16,18-20,23H,2,5,8,11,15,17H2,1H3,(H,25,26)/b4-3-,7-6-,10-9-,14-12+/t18-,19-,20+/m0/s1. The van der Waals surface area contributed by atoms with Crippen LogP contribution in [0.3, 0.4) is 0 Å². The SMILES string of the molecule is CC/C=C\C/C=C\C/C=C\C[C@H]1C(=O)C=C[C@@H]1/C=C/[C@H](O)CCC(=O)O. The van der Waals surface area contributed by atoms with Gasteiger partial charge in [-0.15, -0.1) is 0 Å². The highest BCUT2D eigenvalue weighted by Crippen LogP contribution is 2.27. The summed E-state index contributed by atoms with van der Waals surface area (Å²) < 4.78 is 0. The minimum atomic E-state index is -0.924. The van der Waals surface area contributed by atoms with E-state index in [1.54, 1.807) is 12.2 Å². The van der Waals surface area contributed by atoms with E-state index in [1.807, 2.05) is 18.2 Å². The lowest BCUT2D eigenvalue weighted by atomic mass is 9.90. The minimum Gasteiger partial charge on any atom is -0.481 e. The number of aliphatic hydroxyl groups excluding tert-OH is 1. The molecule has 0 unspecified atom stereocenters. The third-order valence-electron chi connectivity index (χ3n) is 4.19. The Hall–Kier alpha value is -2.20. The van der Waals surface area contributed by atoms with Crippen LogP contribution < -0.4 is 0 Å². The Morgan fingerprint density at radius 1 is 1.15 bits per heavy atom. The van der Waals surface area contributed by atoms with E-state index in [1.165, 1.54) is 0 Å². The van der Waals surface area contributed by atoms with Gasteiger partial charge in [-0.05, 0) is 38.2 Å². The van der Waals surface area contributed by atoms with Crippen LogP contribution in [-0.2, 0) is 9.59 Å². The smallest absolute Gasteiger partial charge is 0.303 e. The van der Waals surface area contributed by atoms with E-state index in [0.717, 1.165) is 19.3 Å². The van der Waals surface area contributed by atoms with Gasteiger partial charge in [0.15, 0.2) is 5.78 Å². The molecule has 0 heterocycles. The molecule has 0 saturated heterocycles. The van der Waals surface area contributed by atoms with Gasteiger partial charge in [-0.2, -0.15) is 0 Å². The molecule has 3 atom stereocenters. The summed E-state index contributed by atoms with van der Waals surface area (Å²) >= 11 is 0. The van der Waals surface area contributed by atoms with Crippen LogP contribution >= 0.6 is 0 Å². The van der Waals surface area contributed by atoms with Crippen LogP contribution in [0.2, 0.25) is 0 Å². The van der Waals surface area contributed by atoms with Crippen LogP contribution in [0, 0.1) is 11.8 Å². The van der Waals surface area contributed by atoms with Gasteiger partial charge in [0.1, 0.15) is 0 Å². The van der Waals surface area contributed by atoms with E-state index in [-0.39, 0.29) is 30.5 Å². The zero-order valence-electron chi connectivity index (χ0n) is 15.5. The number of hydrogen-bond donors (Lipinski definition) is 2. The van der Waals surface area contributed by atoms with E-state index in [4.69, 9.17) is 5.11 Å². The second kappa shape index (κ2) is 13.1. The summed E-state index contributed by atoms with van der Waals surface area (Å²) in [5.74, 6) is -0.997. The molecule has 0 bridgehead atoms. The third-order valence-corrected chi connectivity index (χ3v) is 4.19. The van der Waals surface area contributed by atoms with E-state index in [2.05, 4.69) is 37.3 Å². The maximum Gasteiger partial charge on any atom is 0.303 e. The zero-order valence-corrected chi connectivity index (χ0v) is 15.5. The quantitative estimate of drug-likeness (QED) is 0.507. The molecule has 2 N–H and O–H groups in total. The van der Waals surface area contributed by atoms with Crippen molar-refractivity contribution in [3.05, 3.63) is 60.8 Å². The molecular formula is C22H30O4. The highest BCUT2D eigenvalue weighted by molar-refractivity contribution is 5.95. The Balaban J connectivity index is 2.39. The van der Waals surface area contributed by atoms with Crippen LogP contribution in [0.4, 0.5) is 0 Å². The second-order valence-corrected chi connectivity index (χ2v) is 6.36. The summed E-state index contributed by atoms with van der Waals surface area (Å²) in [6, 6.07) is 0. The zero-order chi connectivity index (χ0) is 19.2. The molecule has 0 saturated carbocycles. The highest BCUT2D eigenvalue weighted by atomic mass is 16.4. The molecule has 1 aliphatic rings. The monoisotopic (exact) mass is 358 g/mol. The van der Waals surface area contributed by atoms with Gasteiger partial charge in [0, 0.05) is 18.3 Å². The van der Waals surface area contributed by atoms with Crippen molar-refractivity contribution in [2.75, 3.05) is 0 Å². The molecule has 26 heavy (non-hydrogen) atoms. The normalized spacial score (nSPS) is 21.8. The van der Waals surface area contributed by atoms with Crippen molar-refractivity contribution in [1.29, 1.82) is 0 Å². The Bertz CT molecular complexity index is 581. The molecule has 0 aliphatic heterocycles. The first-order valence-electron chi connectivity index (χ1n) is 9.29. The van der Waals surface area contributed by atoms with Crippen LogP contribution in [0.5, 0.6) is 0 Å². The number of aliphatic carboxylic acids is 1. The largest absolute Gasteiger partial charge is 0.481 e. The number of carbonyl (C=O) groups is 2. The first-order valence-corrected chi connectivity index (χ1v) is 9.29. The summed E-state index contributed by atoms with van der Waals surface area (Å²) in [6.07, 6.45) is 22.3. The maximum absolute atomic E-state index is 12.0. The van der Waals surface area contributed by atoms with Gasteiger partial charge in [0.05, 0.1) is 6.10 Å². The lowest BCUT2D eigenvalue weighted by molar-refractivity contribution is -0.137. The summed E-state index contributed by atoms with van der Waals surface area (Å²) in [6.45, 7) is 2.11. The number of allylic oxidation sites excluding steroid dienone is 9. The van der Waals surface area contributed by atoms with Gasteiger partial charge >= 0.3 is 5.97 Å². The third kappa shape index (κ3) is 9.33. The maximum atomic E-state index is 12.0. The highest BCUT2D eigenvalue weighted by Gasteiger charge is 2.27. The molecule has 0 spiro atoms. The van der Waals surface area contributed by atoms with Gasteiger partial charge in [0.2, 0.25) is 0 Å². The summed E-state index contributed by atoms with van der Waals surface area (Å²) in [4.78, 5) is 22.5. The molecule has 0 amide bonds. The molecule has 4 nitrogen and oxygen atoms in total. The molecular weight excluding hydrogens is 328 g/mol. The predicted octanol–water partition coefficient (Wildman–Crippen LogP) is 4.39. The molecule has 0 aromatic heterocycles. The van der Waals surface area contributed by atoms with Crippen molar-refractivity contribution in [3.63, 3.8) is 0 Å². The summed E-state index contributed by atoms with van der Waals surface area (Å²) in [5, 5.41) is 18.4. The van der Waals surface area contributed by atoms with E-state index in [9.17, 15) is 14.7 Å². The Morgan fingerprint density at radius 2 is 1.81 bits per heavy atom. The fraction of sp³-hybridized carbons (Fsp3) is 0.455. The average Bonchev–Trinajstić information content (AvgIpc) is 2.96. The van der Waals surface area contributed by atoms with Crippen LogP contribution in [0.25, 0.3) is 0 Å². The Labute approximate surface area is 156 Å². The fourth-order valence-corrected chi connectivity index (χ4v) is 2.70. The first kappa shape index (κ1) is 21.8. The lowest BCUT2D eigenvalue weighted by Crippen LogP contribution is -2.14. The number of ketones is 1. The van der Waals surface area contributed by atoms with Crippen molar-refractivity contribution in [2.45, 2.75) is 51.6 Å². The average molecular weight is 358 g/mol. The molecule has 0 fully saturated rings. The van der Waals surface area contributed by atoms with E-state index in [0.29, 0.717) is 6.42 Å². The first-order chi connectivity index (χ1) is 12.5. The van der Waals surface area contributed by atoms with Gasteiger partial charge in [-0.3, -0.25) is 9.59 Å². The predicted molar refractivity (Wildman–Crippen MR) is 105 cm³/mol. The number of hydrogen-bond acceptors (Lipinski definition) is 3. The van der Waals surface area contributed by atoms with Crippen molar-refractivity contribution in [2.24, 2.45) is 11.8 Å². The number of carboxylic acids is 1. The summed E-state index contributed by atoms with van der Waals surface area (Å²) in [7, 11) is 0. The van der Waals surface area contributed by atoms with Gasteiger partial charge < -0.3 is 10.2 Å².